The van der Waals surface area contributed by atoms with Crippen LogP contribution >= 0.6 is 0 Å². The molecule has 0 aliphatic heterocycles. The zero-order chi connectivity index (χ0) is 9.98. The van der Waals surface area contributed by atoms with Gasteiger partial charge in [0.05, 0.1) is 0 Å². The fourth-order valence-electron chi connectivity index (χ4n) is 0.526. The smallest absolute Gasteiger partial charge is 1.00 e. The minimum Gasteiger partial charge on any atom is -1.00 e. The Kier molecular flexibility index (Phi) is 20.3. The maximum Gasteiger partial charge on any atom is 1.00 e. The number of primary amides is 1. The van der Waals surface area contributed by atoms with E-state index in [1.807, 2.05) is 0 Å². The second kappa shape index (κ2) is 14.3. The first-order chi connectivity index (χ1) is 5.50. The molecule has 0 atom stereocenters. The molecular formula is C7H16NNaO4. The van der Waals surface area contributed by atoms with Crippen LogP contribution in [0.4, 0.5) is 4.79 Å². The Morgan fingerprint density at radius 1 is 1.31 bits per heavy atom. The number of rotatable bonds is 4. The maximum atomic E-state index is 9.87. The predicted octanol–water partition coefficient (Wildman–Crippen LogP) is -1.61. The summed E-state index contributed by atoms with van der Waals surface area (Å²) < 4.78 is 0. The summed E-state index contributed by atoms with van der Waals surface area (Å²) in [5.41, 5.74) is 4.03. The van der Waals surface area contributed by atoms with Gasteiger partial charge in [0.15, 0.2) is 0 Å². The van der Waals surface area contributed by atoms with E-state index in [-0.39, 0.29) is 31.0 Å². The molecule has 0 unspecified atom stereocenters. The van der Waals surface area contributed by atoms with Crippen molar-refractivity contribution in [3.63, 3.8) is 0 Å². The van der Waals surface area contributed by atoms with E-state index in [0.717, 1.165) is 19.3 Å². The van der Waals surface area contributed by atoms with Gasteiger partial charge in [-0.05, 0) is 6.42 Å². The van der Waals surface area contributed by atoms with Crippen molar-refractivity contribution in [2.24, 2.45) is 5.73 Å². The van der Waals surface area contributed by atoms with Gasteiger partial charge in [-0.3, -0.25) is 4.79 Å². The standard InChI is InChI=1S/C6H12O2.CH3NO2.Na.H/c1-2-3-4-5-6(7)8;2-1(3)4;;/h2-5H2,1H3,(H,7,8);2H2,(H,3,4);;/q;;+1;-1. The summed E-state index contributed by atoms with van der Waals surface area (Å²) in [5, 5.41) is 15.3. The van der Waals surface area contributed by atoms with Crippen molar-refractivity contribution in [3.05, 3.63) is 0 Å². The molecule has 0 aromatic heterocycles. The molecule has 0 bridgehead atoms. The van der Waals surface area contributed by atoms with E-state index < -0.39 is 12.1 Å². The molecule has 1 amide bonds. The second-order valence-electron chi connectivity index (χ2n) is 2.19. The fraction of sp³-hybridized carbons (Fsp3) is 0.714. The van der Waals surface area contributed by atoms with Gasteiger partial charge in [-0.15, -0.1) is 0 Å². The SMILES string of the molecule is CCCCCC(=O)O.NC(=O)O.[H-].[Na+]. The fourth-order valence-corrected chi connectivity index (χ4v) is 0.526. The Hall–Kier alpha value is -0.260. The van der Waals surface area contributed by atoms with Gasteiger partial charge < -0.3 is 17.4 Å². The molecule has 0 heterocycles. The van der Waals surface area contributed by atoms with Gasteiger partial charge in [0.25, 0.3) is 0 Å². The average Bonchev–Trinajstić information content (AvgIpc) is 1.86. The van der Waals surface area contributed by atoms with Gasteiger partial charge in [-0.2, -0.15) is 0 Å². The molecule has 0 radical (unpaired) electrons. The number of unbranched alkanes of at least 4 members (excludes halogenated alkanes) is 2. The Labute approximate surface area is 101 Å². The molecule has 0 aliphatic carbocycles. The van der Waals surface area contributed by atoms with Crippen molar-refractivity contribution in [2.45, 2.75) is 32.6 Å². The normalized spacial score (nSPS) is 7.46. The van der Waals surface area contributed by atoms with E-state index in [4.69, 9.17) is 15.0 Å². The van der Waals surface area contributed by atoms with Crippen molar-refractivity contribution >= 4 is 12.1 Å². The topological polar surface area (TPSA) is 101 Å². The molecule has 4 N–H and O–H groups in total. The zero-order valence-electron chi connectivity index (χ0n) is 9.12. The number of hydrogen-bond donors (Lipinski definition) is 3. The number of amides is 1. The third-order valence-electron chi connectivity index (χ3n) is 0.994. The summed E-state index contributed by atoms with van der Waals surface area (Å²) in [7, 11) is 0. The van der Waals surface area contributed by atoms with Crippen LogP contribution in [-0.2, 0) is 4.79 Å². The van der Waals surface area contributed by atoms with Gasteiger partial charge in [-0.25, -0.2) is 4.79 Å². The second-order valence-corrected chi connectivity index (χ2v) is 2.19. The van der Waals surface area contributed by atoms with Crippen LogP contribution in [0.3, 0.4) is 0 Å². The summed E-state index contributed by atoms with van der Waals surface area (Å²) in [5.74, 6) is -0.682. The van der Waals surface area contributed by atoms with E-state index in [1.165, 1.54) is 0 Å². The Morgan fingerprint density at radius 3 is 1.92 bits per heavy atom. The predicted molar refractivity (Wildman–Crippen MR) is 45.1 cm³/mol. The number of carboxylic acid groups (broad SMARTS) is 2. The van der Waals surface area contributed by atoms with Crippen molar-refractivity contribution in [3.8, 4) is 0 Å². The summed E-state index contributed by atoms with van der Waals surface area (Å²) in [6, 6.07) is 0. The minimum absolute atomic E-state index is 0. The van der Waals surface area contributed by atoms with Crippen LogP contribution < -0.4 is 35.3 Å². The largest absolute Gasteiger partial charge is 1.00 e. The van der Waals surface area contributed by atoms with Gasteiger partial charge in [0.1, 0.15) is 0 Å². The van der Waals surface area contributed by atoms with Crippen LogP contribution in [0.2, 0.25) is 0 Å². The van der Waals surface area contributed by atoms with Gasteiger partial charge in [0.2, 0.25) is 0 Å². The Balaban J connectivity index is -0.0000000733. The van der Waals surface area contributed by atoms with Crippen LogP contribution in [-0.4, -0.2) is 22.3 Å². The van der Waals surface area contributed by atoms with Crippen molar-refractivity contribution < 1.29 is 50.8 Å². The number of hydrogen-bond acceptors (Lipinski definition) is 2. The zero-order valence-corrected chi connectivity index (χ0v) is 10.1. The van der Waals surface area contributed by atoms with Crippen LogP contribution in [0.25, 0.3) is 0 Å². The molecule has 13 heavy (non-hydrogen) atoms. The first-order valence-electron chi connectivity index (χ1n) is 3.70. The van der Waals surface area contributed by atoms with Gasteiger partial charge in [-0.1, -0.05) is 19.8 Å². The summed E-state index contributed by atoms with van der Waals surface area (Å²) in [6.07, 6.45) is 1.94. The number of carboxylic acids is 1. The molecule has 0 aromatic carbocycles. The molecule has 6 heteroatoms. The monoisotopic (exact) mass is 201 g/mol. The molecule has 0 saturated carbocycles. The van der Waals surface area contributed by atoms with Crippen molar-refractivity contribution in [1.82, 2.24) is 0 Å². The summed E-state index contributed by atoms with van der Waals surface area (Å²) >= 11 is 0. The average molecular weight is 201 g/mol. The van der Waals surface area contributed by atoms with E-state index >= 15 is 0 Å². The molecule has 0 spiro atoms. The van der Waals surface area contributed by atoms with Crippen LogP contribution in [0.5, 0.6) is 0 Å². The maximum absolute atomic E-state index is 9.87. The van der Waals surface area contributed by atoms with Crippen LogP contribution in [0.15, 0.2) is 0 Å². The minimum atomic E-state index is -1.33. The molecule has 74 valence electrons. The van der Waals surface area contributed by atoms with Crippen LogP contribution in [0.1, 0.15) is 34.0 Å². The third-order valence-corrected chi connectivity index (χ3v) is 0.994. The first kappa shape index (κ1) is 18.5. The number of nitrogens with two attached hydrogens (primary N) is 1. The molecule has 5 nitrogen and oxygen atoms in total. The summed E-state index contributed by atoms with van der Waals surface area (Å²) in [6.45, 7) is 2.06. The van der Waals surface area contributed by atoms with E-state index in [2.05, 4.69) is 12.7 Å². The Bertz CT molecular complexity index is 142. The summed E-state index contributed by atoms with van der Waals surface area (Å²) in [4.78, 5) is 18.7. The first-order valence-corrected chi connectivity index (χ1v) is 3.70. The van der Waals surface area contributed by atoms with Crippen molar-refractivity contribution in [1.29, 1.82) is 0 Å². The molecule has 0 fully saturated rings. The molecule has 0 saturated heterocycles. The van der Waals surface area contributed by atoms with Gasteiger partial charge in [0, 0.05) is 6.42 Å². The van der Waals surface area contributed by atoms with Gasteiger partial charge >= 0.3 is 41.6 Å². The van der Waals surface area contributed by atoms with Crippen LogP contribution in [0, 0.1) is 0 Å². The Morgan fingerprint density at radius 2 is 1.69 bits per heavy atom. The van der Waals surface area contributed by atoms with Crippen molar-refractivity contribution in [2.75, 3.05) is 0 Å². The molecule has 0 aliphatic rings. The molecular weight excluding hydrogens is 185 g/mol. The van der Waals surface area contributed by atoms with E-state index in [9.17, 15) is 4.79 Å². The molecule has 0 rings (SSSR count). The number of aliphatic carboxylic acids is 1. The number of carbonyl (C=O) groups is 2. The quantitative estimate of drug-likeness (QED) is 0.376. The van der Waals surface area contributed by atoms with E-state index in [1.54, 1.807) is 0 Å². The van der Waals surface area contributed by atoms with E-state index in [0.29, 0.717) is 6.42 Å². The molecule has 0 aromatic rings. The third kappa shape index (κ3) is 49.6.